The van der Waals surface area contributed by atoms with E-state index < -0.39 is 0 Å². The van der Waals surface area contributed by atoms with Crippen molar-refractivity contribution in [3.63, 3.8) is 0 Å². The molecule has 2 heterocycles. The summed E-state index contributed by atoms with van der Waals surface area (Å²) in [5, 5.41) is 0. The fraction of sp³-hybridized carbons (Fsp3) is 0.923. The number of hydrogen-bond donors (Lipinski definition) is 1. The van der Waals surface area contributed by atoms with Crippen molar-refractivity contribution in [3.8, 4) is 0 Å². The average Bonchev–Trinajstić information content (AvgIpc) is 2.91. The molecule has 0 radical (unpaired) electrons. The highest BCUT2D eigenvalue weighted by molar-refractivity contribution is 5.78. The van der Waals surface area contributed by atoms with Gasteiger partial charge < -0.3 is 15.4 Å². The van der Waals surface area contributed by atoms with Gasteiger partial charge in [0.1, 0.15) is 0 Å². The molecule has 1 amide bonds. The van der Waals surface area contributed by atoms with Crippen molar-refractivity contribution in [1.29, 1.82) is 0 Å². The summed E-state index contributed by atoms with van der Waals surface area (Å²) in [7, 11) is 0. The Kier molecular flexibility index (Phi) is 4.97. The molecule has 2 unspecified atom stereocenters. The number of amides is 1. The fourth-order valence-corrected chi connectivity index (χ4v) is 2.64. The van der Waals surface area contributed by atoms with E-state index in [1.807, 2.05) is 11.8 Å². The molecular weight excluding hydrogens is 230 g/mol. The minimum absolute atomic E-state index is 0.0466. The van der Waals surface area contributed by atoms with Gasteiger partial charge in [0.15, 0.2) is 0 Å². The molecule has 2 saturated heterocycles. The van der Waals surface area contributed by atoms with Gasteiger partial charge in [0.2, 0.25) is 5.91 Å². The predicted octanol–water partition coefficient (Wildman–Crippen LogP) is -0.0956. The van der Waals surface area contributed by atoms with E-state index in [1.54, 1.807) is 0 Å². The summed E-state index contributed by atoms with van der Waals surface area (Å²) in [4.78, 5) is 16.3. The number of hydrogen-bond acceptors (Lipinski definition) is 4. The van der Waals surface area contributed by atoms with E-state index in [1.165, 1.54) is 12.8 Å². The summed E-state index contributed by atoms with van der Waals surface area (Å²) in [5.74, 6) is 0.156. The monoisotopic (exact) mass is 255 g/mol. The zero-order valence-electron chi connectivity index (χ0n) is 11.3. The minimum atomic E-state index is -0.0466. The van der Waals surface area contributed by atoms with Crippen molar-refractivity contribution in [2.75, 3.05) is 45.9 Å². The Morgan fingerprint density at radius 3 is 2.67 bits per heavy atom. The lowest BCUT2D eigenvalue weighted by Crippen LogP contribution is -2.52. The molecule has 2 atom stereocenters. The van der Waals surface area contributed by atoms with Gasteiger partial charge in [-0.15, -0.1) is 0 Å². The first-order chi connectivity index (χ1) is 8.70. The summed E-state index contributed by atoms with van der Waals surface area (Å²) < 4.78 is 5.65. The van der Waals surface area contributed by atoms with Gasteiger partial charge in [0, 0.05) is 51.8 Å². The van der Waals surface area contributed by atoms with E-state index in [0.717, 1.165) is 39.3 Å². The molecule has 0 spiro atoms. The molecule has 2 aliphatic heterocycles. The molecule has 0 aromatic carbocycles. The summed E-state index contributed by atoms with van der Waals surface area (Å²) in [6, 6.07) is 0. The van der Waals surface area contributed by atoms with E-state index in [0.29, 0.717) is 12.6 Å². The van der Waals surface area contributed by atoms with Crippen LogP contribution in [0, 0.1) is 5.92 Å². The van der Waals surface area contributed by atoms with E-state index in [9.17, 15) is 4.79 Å². The second-order valence-electron chi connectivity index (χ2n) is 5.40. The normalized spacial score (nSPS) is 27.4. The zero-order valence-corrected chi connectivity index (χ0v) is 11.3. The summed E-state index contributed by atoms with van der Waals surface area (Å²) in [6.45, 7) is 7.86. The van der Waals surface area contributed by atoms with Crippen molar-refractivity contribution in [3.05, 3.63) is 0 Å². The van der Waals surface area contributed by atoms with Gasteiger partial charge in [-0.3, -0.25) is 9.69 Å². The van der Waals surface area contributed by atoms with Crippen LogP contribution < -0.4 is 5.73 Å². The maximum Gasteiger partial charge on any atom is 0.226 e. The van der Waals surface area contributed by atoms with Crippen molar-refractivity contribution in [1.82, 2.24) is 9.80 Å². The molecule has 2 rings (SSSR count). The highest BCUT2D eigenvalue weighted by Gasteiger charge is 2.26. The van der Waals surface area contributed by atoms with Gasteiger partial charge in [-0.25, -0.2) is 0 Å². The molecule has 2 N–H and O–H groups in total. The number of carbonyl (C=O) groups excluding carboxylic acids is 1. The highest BCUT2D eigenvalue weighted by atomic mass is 16.5. The summed E-state index contributed by atoms with van der Waals surface area (Å²) >= 11 is 0. The standard InChI is InChI=1S/C13H25N3O2/c1-11(9-14)13(17)16-6-4-15(5-7-16)10-12-3-2-8-18-12/h11-12H,2-10,14H2,1H3. The highest BCUT2D eigenvalue weighted by Crippen LogP contribution is 2.15. The Labute approximate surface area is 109 Å². The smallest absolute Gasteiger partial charge is 0.226 e. The first-order valence-electron chi connectivity index (χ1n) is 7.03. The Bertz CT molecular complexity index is 271. The summed E-state index contributed by atoms with van der Waals surface area (Å²) in [5.41, 5.74) is 5.54. The van der Waals surface area contributed by atoms with Gasteiger partial charge in [-0.05, 0) is 12.8 Å². The van der Waals surface area contributed by atoms with Crippen LogP contribution in [0.4, 0.5) is 0 Å². The lowest BCUT2D eigenvalue weighted by atomic mass is 10.1. The average molecular weight is 255 g/mol. The van der Waals surface area contributed by atoms with Gasteiger partial charge >= 0.3 is 0 Å². The van der Waals surface area contributed by atoms with Gasteiger partial charge in [-0.1, -0.05) is 6.92 Å². The second-order valence-corrected chi connectivity index (χ2v) is 5.40. The maximum absolute atomic E-state index is 12.0. The van der Waals surface area contributed by atoms with Gasteiger partial charge in [0.05, 0.1) is 6.10 Å². The van der Waals surface area contributed by atoms with Crippen molar-refractivity contribution >= 4 is 5.91 Å². The molecule has 104 valence electrons. The first kappa shape index (κ1) is 13.8. The third kappa shape index (κ3) is 3.43. The van der Waals surface area contributed by atoms with Crippen LogP contribution in [0.15, 0.2) is 0 Å². The van der Waals surface area contributed by atoms with Gasteiger partial charge in [0.25, 0.3) is 0 Å². The largest absolute Gasteiger partial charge is 0.377 e. The first-order valence-corrected chi connectivity index (χ1v) is 7.03. The Balaban J connectivity index is 1.72. The molecule has 5 nitrogen and oxygen atoms in total. The molecule has 2 aliphatic rings. The number of nitrogens with zero attached hydrogens (tertiary/aromatic N) is 2. The van der Waals surface area contributed by atoms with Crippen LogP contribution in [0.1, 0.15) is 19.8 Å². The molecule has 2 fully saturated rings. The Morgan fingerprint density at radius 1 is 1.39 bits per heavy atom. The zero-order chi connectivity index (χ0) is 13.0. The van der Waals surface area contributed by atoms with E-state index in [2.05, 4.69) is 4.90 Å². The fourth-order valence-electron chi connectivity index (χ4n) is 2.64. The molecule has 0 aromatic heterocycles. The van der Waals surface area contributed by atoms with Crippen LogP contribution in [0.3, 0.4) is 0 Å². The third-order valence-electron chi connectivity index (χ3n) is 3.94. The van der Waals surface area contributed by atoms with Crippen LogP contribution in [0.25, 0.3) is 0 Å². The number of rotatable bonds is 4. The topological polar surface area (TPSA) is 58.8 Å². The van der Waals surface area contributed by atoms with E-state index in [-0.39, 0.29) is 11.8 Å². The van der Waals surface area contributed by atoms with Crippen LogP contribution in [0.5, 0.6) is 0 Å². The quantitative estimate of drug-likeness (QED) is 0.762. The molecule has 0 bridgehead atoms. The Hall–Kier alpha value is -0.650. The minimum Gasteiger partial charge on any atom is -0.377 e. The molecule has 0 saturated carbocycles. The second kappa shape index (κ2) is 6.50. The lowest BCUT2D eigenvalue weighted by Gasteiger charge is -2.36. The molecular formula is C13H25N3O2. The van der Waals surface area contributed by atoms with Crippen molar-refractivity contribution in [2.45, 2.75) is 25.9 Å². The predicted molar refractivity (Wildman–Crippen MR) is 70.2 cm³/mol. The summed E-state index contributed by atoms with van der Waals surface area (Å²) in [6.07, 6.45) is 2.79. The lowest BCUT2D eigenvalue weighted by molar-refractivity contribution is -0.136. The third-order valence-corrected chi connectivity index (χ3v) is 3.94. The van der Waals surface area contributed by atoms with Crippen LogP contribution >= 0.6 is 0 Å². The van der Waals surface area contributed by atoms with E-state index >= 15 is 0 Å². The SMILES string of the molecule is CC(CN)C(=O)N1CCN(CC2CCCO2)CC1. The van der Waals surface area contributed by atoms with Crippen LogP contribution in [-0.4, -0.2) is 67.7 Å². The molecule has 0 aromatic rings. The number of piperazine rings is 1. The molecule has 5 heteroatoms. The van der Waals surface area contributed by atoms with E-state index in [4.69, 9.17) is 10.5 Å². The number of ether oxygens (including phenoxy) is 1. The van der Waals surface area contributed by atoms with Crippen molar-refractivity contribution < 1.29 is 9.53 Å². The maximum atomic E-state index is 12.0. The Morgan fingerprint density at radius 2 is 2.11 bits per heavy atom. The van der Waals surface area contributed by atoms with Crippen LogP contribution in [-0.2, 0) is 9.53 Å². The number of carbonyl (C=O) groups is 1. The van der Waals surface area contributed by atoms with Crippen molar-refractivity contribution in [2.24, 2.45) is 11.7 Å². The number of nitrogens with two attached hydrogens (primary N) is 1. The molecule has 18 heavy (non-hydrogen) atoms. The molecule has 0 aliphatic carbocycles. The van der Waals surface area contributed by atoms with Crippen LogP contribution in [0.2, 0.25) is 0 Å². The van der Waals surface area contributed by atoms with Gasteiger partial charge in [-0.2, -0.15) is 0 Å².